The second kappa shape index (κ2) is 8.72. The molecule has 0 saturated heterocycles. The first-order valence-corrected chi connectivity index (χ1v) is 9.01. The van der Waals surface area contributed by atoms with E-state index in [1.165, 1.54) is 6.42 Å². The Labute approximate surface area is 152 Å². The third kappa shape index (κ3) is 5.38. The smallest absolute Gasteiger partial charge is 0.310 e. The lowest BCUT2D eigenvalue weighted by atomic mass is 9.78. The molecule has 0 aromatic heterocycles. The van der Waals surface area contributed by atoms with Gasteiger partial charge in [0.15, 0.2) is 6.61 Å². The molecule has 0 unspecified atom stereocenters. The Bertz CT molecular complexity index is 606. The molecule has 0 heterocycles. The van der Waals surface area contributed by atoms with Crippen LogP contribution in [0.2, 0.25) is 10.0 Å². The van der Waals surface area contributed by atoms with Crippen molar-refractivity contribution >= 4 is 35.1 Å². The number of halogens is 2. The molecule has 1 aromatic carbocycles. The van der Waals surface area contributed by atoms with E-state index in [4.69, 9.17) is 27.9 Å². The fraction of sp³-hybridized carbons (Fsp3) is 0.556. The van der Waals surface area contributed by atoms with Gasteiger partial charge in [0.05, 0.1) is 16.5 Å². The monoisotopic (exact) mass is 371 g/mol. The molecule has 1 aliphatic rings. The molecule has 1 N–H and O–H groups in total. The zero-order chi connectivity index (χ0) is 17.7. The van der Waals surface area contributed by atoms with Crippen LogP contribution in [0, 0.1) is 11.8 Å². The molecule has 132 valence electrons. The van der Waals surface area contributed by atoms with Crippen LogP contribution in [-0.4, -0.2) is 24.5 Å². The number of hydrogen-bond donors (Lipinski definition) is 1. The lowest BCUT2D eigenvalue weighted by molar-refractivity contribution is -0.148. The SMILES string of the molecule is C[C@@H]1[C@H](C)CCC[C@H]1NC(=O)COC(=O)Cc1ccc(Cl)c(Cl)c1. The van der Waals surface area contributed by atoms with E-state index in [0.717, 1.165) is 12.8 Å². The van der Waals surface area contributed by atoms with E-state index in [-0.39, 0.29) is 25.0 Å². The minimum absolute atomic E-state index is 0.0566. The first kappa shape index (κ1) is 19.1. The van der Waals surface area contributed by atoms with Gasteiger partial charge in [0.25, 0.3) is 5.91 Å². The summed E-state index contributed by atoms with van der Waals surface area (Å²) in [6.45, 7) is 4.11. The summed E-state index contributed by atoms with van der Waals surface area (Å²) < 4.78 is 5.05. The second-order valence-electron chi connectivity index (χ2n) is 6.53. The summed E-state index contributed by atoms with van der Waals surface area (Å²) in [4.78, 5) is 23.8. The molecule has 1 amide bonds. The minimum atomic E-state index is -0.464. The maximum Gasteiger partial charge on any atom is 0.310 e. The van der Waals surface area contributed by atoms with Crippen molar-refractivity contribution in [2.24, 2.45) is 11.8 Å². The molecule has 6 heteroatoms. The van der Waals surface area contributed by atoms with Gasteiger partial charge in [-0.15, -0.1) is 0 Å². The van der Waals surface area contributed by atoms with Crippen LogP contribution >= 0.6 is 23.2 Å². The van der Waals surface area contributed by atoms with Crippen molar-refractivity contribution in [3.05, 3.63) is 33.8 Å². The zero-order valence-corrected chi connectivity index (χ0v) is 15.5. The number of carbonyl (C=O) groups excluding carboxylic acids is 2. The Hall–Kier alpha value is -1.26. The number of hydrogen-bond acceptors (Lipinski definition) is 3. The Balaban J connectivity index is 1.76. The van der Waals surface area contributed by atoms with Crippen LogP contribution in [0.3, 0.4) is 0 Å². The van der Waals surface area contributed by atoms with E-state index in [1.54, 1.807) is 18.2 Å². The van der Waals surface area contributed by atoms with Crippen LogP contribution in [0.4, 0.5) is 0 Å². The highest BCUT2D eigenvalue weighted by molar-refractivity contribution is 6.42. The van der Waals surface area contributed by atoms with E-state index in [9.17, 15) is 9.59 Å². The first-order chi connectivity index (χ1) is 11.4. The predicted octanol–water partition coefficient (Wildman–Crippen LogP) is 4.02. The molecule has 1 fully saturated rings. The van der Waals surface area contributed by atoms with Crippen LogP contribution in [0.15, 0.2) is 18.2 Å². The number of ether oxygens (including phenoxy) is 1. The van der Waals surface area contributed by atoms with Crippen LogP contribution in [0.5, 0.6) is 0 Å². The molecule has 0 spiro atoms. The van der Waals surface area contributed by atoms with Gasteiger partial charge in [0, 0.05) is 6.04 Å². The van der Waals surface area contributed by atoms with Crippen molar-refractivity contribution in [1.82, 2.24) is 5.32 Å². The molecule has 1 aromatic rings. The van der Waals surface area contributed by atoms with Crippen molar-refractivity contribution in [2.75, 3.05) is 6.61 Å². The molecule has 0 bridgehead atoms. The van der Waals surface area contributed by atoms with Gasteiger partial charge < -0.3 is 10.1 Å². The lowest BCUT2D eigenvalue weighted by Gasteiger charge is -2.34. The molecule has 0 radical (unpaired) electrons. The number of amides is 1. The largest absolute Gasteiger partial charge is 0.455 e. The molecular weight excluding hydrogens is 349 g/mol. The normalized spacial score (nSPS) is 23.6. The fourth-order valence-electron chi connectivity index (χ4n) is 3.05. The Morgan fingerprint density at radius 3 is 2.67 bits per heavy atom. The van der Waals surface area contributed by atoms with Crippen LogP contribution < -0.4 is 5.32 Å². The topological polar surface area (TPSA) is 55.4 Å². The van der Waals surface area contributed by atoms with Crippen LogP contribution in [-0.2, 0) is 20.7 Å². The first-order valence-electron chi connectivity index (χ1n) is 8.25. The second-order valence-corrected chi connectivity index (χ2v) is 7.34. The van der Waals surface area contributed by atoms with Crippen molar-refractivity contribution in [3.63, 3.8) is 0 Å². The van der Waals surface area contributed by atoms with E-state index in [0.29, 0.717) is 27.4 Å². The maximum absolute atomic E-state index is 12.0. The summed E-state index contributed by atoms with van der Waals surface area (Å²) in [6.07, 6.45) is 3.36. The number of carbonyl (C=O) groups is 2. The highest BCUT2D eigenvalue weighted by Gasteiger charge is 2.28. The average molecular weight is 372 g/mol. The lowest BCUT2D eigenvalue weighted by Crippen LogP contribution is -2.45. The highest BCUT2D eigenvalue weighted by Crippen LogP contribution is 2.29. The summed E-state index contributed by atoms with van der Waals surface area (Å²) in [5, 5.41) is 3.80. The number of benzene rings is 1. The molecule has 1 saturated carbocycles. The van der Waals surface area contributed by atoms with Gasteiger partial charge in [-0.25, -0.2) is 0 Å². The van der Waals surface area contributed by atoms with E-state index >= 15 is 0 Å². The molecule has 24 heavy (non-hydrogen) atoms. The standard InChI is InChI=1S/C18H23Cl2NO3/c1-11-4-3-5-16(12(11)2)21-17(22)10-24-18(23)9-13-6-7-14(19)15(20)8-13/h6-8,11-12,16H,3-5,9-10H2,1-2H3,(H,21,22)/t11-,12-,16-/m1/s1. The third-order valence-electron chi connectivity index (χ3n) is 4.75. The van der Waals surface area contributed by atoms with E-state index in [1.807, 2.05) is 0 Å². The van der Waals surface area contributed by atoms with Crippen molar-refractivity contribution < 1.29 is 14.3 Å². The molecule has 4 nitrogen and oxygen atoms in total. The zero-order valence-electron chi connectivity index (χ0n) is 14.0. The molecule has 0 aliphatic heterocycles. The fourth-order valence-corrected chi connectivity index (χ4v) is 3.37. The minimum Gasteiger partial charge on any atom is -0.455 e. The maximum atomic E-state index is 12.0. The highest BCUT2D eigenvalue weighted by atomic mass is 35.5. The van der Waals surface area contributed by atoms with Crippen molar-refractivity contribution in [1.29, 1.82) is 0 Å². The van der Waals surface area contributed by atoms with Gasteiger partial charge in [-0.2, -0.15) is 0 Å². The Morgan fingerprint density at radius 1 is 1.21 bits per heavy atom. The van der Waals surface area contributed by atoms with Gasteiger partial charge >= 0.3 is 5.97 Å². The van der Waals surface area contributed by atoms with Gasteiger partial charge in [0.1, 0.15) is 0 Å². The van der Waals surface area contributed by atoms with Crippen LogP contribution in [0.25, 0.3) is 0 Å². The molecule has 2 rings (SSSR count). The quantitative estimate of drug-likeness (QED) is 0.795. The van der Waals surface area contributed by atoms with E-state index in [2.05, 4.69) is 19.2 Å². The predicted molar refractivity (Wildman–Crippen MR) is 95.2 cm³/mol. The summed E-state index contributed by atoms with van der Waals surface area (Å²) >= 11 is 11.7. The Kier molecular flexibility index (Phi) is 6.93. The number of nitrogens with one attached hydrogen (secondary N) is 1. The van der Waals surface area contributed by atoms with Gasteiger partial charge in [0.2, 0.25) is 0 Å². The van der Waals surface area contributed by atoms with E-state index < -0.39 is 5.97 Å². The third-order valence-corrected chi connectivity index (χ3v) is 5.49. The summed E-state index contributed by atoms with van der Waals surface area (Å²) in [5.74, 6) is 0.327. The average Bonchev–Trinajstić information content (AvgIpc) is 2.53. The van der Waals surface area contributed by atoms with Gasteiger partial charge in [-0.1, -0.05) is 56.0 Å². The summed E-state index contributed by atoms with van der Waals surface area (Å²) in [5.41, 5.74) is 0.699. The Morgan fingerprint density at radius 2 is 1.96 bits per heavy atom. The van der Waals surface area contributed by atoms with Crippen molar-refractivity contribution in [3.8, 4) is 0 Å². The number of esters is 1. The van der Waals surface area contributed by atoms with Gasteiger partial charge in [-0.3, -0.25) is 9.59 Å². The summed E-state index contributed by atoms with van der Waals surface area (Å²) in [7, 11) is 0. The number of rotatable bonds is 5. The molecule has 3 atom stereocenters. The summed E-state index contributed by atoms with van der Waals surface area (Å²) in [6, 6.07) is 5.12. The molecule has 1 aliphatic carbocycles. The van der Waals surface area contributed by atoms with Gasteiger partial charge in [-0.05, 0) is 36.0 Å². The molecular formula is C18H23Cl2NO3. The van der Waals surface area contributed by atoms with Crippen molar-refractivity contribution in [2.45, 2.75) is 45.6 Å². The van der Waals surface area contributed by atoms with Crippen LogP contribution in [0.1, 0.15) is 38.7 Å².